The van der Waals surface area contributed by atoms with Crippen molar-refractivity contribution in [2.24, 2.45) is 0 Å². The van der Waals surface area contributed by atoms with Gasteiger partial charge in [0.25, 0.3) is 11.8 Å². The molecule has 2 aromatic rings. The van der Waals surface area contributed by atoms with Gasteiger partial charge in [0, 0.05) is 6.07 Å². The topological polar surface area (TPSA) is 46.6 Å². The van der Waals surface area contributed by atoms with E-state index in [4.69, 9.17) is 16.3 Å². The van der Waals surface area contributed by atoms with E-state index in [9.17, 15) is 9.59 Å². The van der Waals surface area contributed by atoms with Crippen molar-refractivity contribution in [2.45, 2.75) is 27.2 Å². The number of halogens is 1. The molecular weight excluding hydrogens is 350 g/mol. The van der Waals surface area contributed by atoms with Gasteiger partial charge in [-0.05, 0) is 43.5 Å². The molecule has 1 aliphatic rings. The fourth-order valence-corrected chi connectivity index (χ4v) is 3.26. The maximum Gasteiger partial charge on any atom is 0.277 e. The molecule has 0 N–H and O–H groups in total. The Morgan fingerprint density at radius 2 is 1.81 bits per heavy atom. The van der Waals surface area contributed by atoms with Gasteiger partial charge in [0.1, 0.15) is 10.8 Å². The van der Waals surface area contributed by atoms with Gasteiger partial charge in [-0.3, -0.25) is 9.59 Å². The van der Waals surface area contributed by atoms with Gasteiger partial charge in [-0.2, -0.15) is 0 Å². The highest BCUT2D eigenvalue weighted by Crippen LogP contribution is 2.37. The lowest BCUT2D eigenvalue weighted by Gasteiger charge is -2.16. The largest absolute Gasteiger partial charge is 0.494 e. The monoisotopic (exact) mass is 369 g/mol. The van der Waals surface area contributed by atoms with Crippen molar-refractivity contribution >= 4 is 34.7 Å². The molecule has 0 saturated carbocycles. The molecule has 0 bridgehead atoms. The Morgan fingerprint density at radius 1 is 1.04 bits per heavy atom. The highest BCUT2D eigenvalue weighted by atomic mass is 35.5. The van der Waals surface area contributed by atoms with Crippen LogP contribution in [0.15, 0.2) is 47.5 Å². The Kier molecular flexibility index (Phi) is 5.14. The van der Waals surface area contributed by atoms with Crippen molar-refractivity contribution < 1.29 is 14.3 Å². The second-order valence-corrected chi connectivity index (χ2v) is 6.68. The zero-order valence-electron chi connectivity index (χ0n) is 15.0. The SMILES string of the molecule is CCCOc1cccc(N2C(=O)C(Cl)=C(c3ccc(C)cc3C)C2=O)c1. The van der Waals surface area contributed by atoms with Crippen LogP contribution in [-0.4, -0.2) is 18.4 Å². The van der Waals surface area contributed by atoms with Gasteiger partial charge in [0.15, 0.2) is 0 Å². The van der Waals surface area contributed by atoms with Crippen molar-refractivity contribution in [2.75, 3.05) is 11.5 Å². The number of amides is 2. The fourth-order valence-electron chi connectivity index (χ4n) is 3.00. The number of nitrogens with zero attached hydrogens (tertiary/aromatic N) is 1. The number of aryl methyl sites for hydroxylation is 2. The average Bonchev–Trinajstić information content (AvgIpc) is 2.83. The summed E-state index contributed by atoms with van der Waals surface area (Å²) in [6.45, 7) is 6.46. The summed E-state index contributed by atoms with van der Waals surface area (Å²) in [5, 5.41) is -0.0539. The first-order chi connectivity index (χ1) is 12.4. The molecule has 3 rings (SSSR count). The Balaban J connectivity index is 1.98. The number of carbonyl (C=O) groups excluding carboxylic acids is 2. The number of hydrogen-bond donors (Lipinski definition) is 0. The molecule has 5 heteroatoms. The quantitative estimate of drug-likeness (QED) is 0.723. The number of hydrogen-bond acceptors (Lipinski definition) is 3. The summed E-state index contributed by atoms with van der Waals surface area (Å²) in [6.07, 6.45) is 0.871. The molecular formula is C21H20ClNO3. The van der Waals surface area contributed by atoms with E-state index in [1.165, 1.54) is 0 Å². The van der Waals surface area contributed by atoms with Gasteiger partial charge in [0.05, 0.1) is 17.9 Å². The number of ether oxygens (including phenoxy) is 1. The van der Waals surface area contributed by atoms with E-state index in [2.05, 4.69) is 0 Å². The van der Waals surface area contributed by atoms with Crippen molar-refractivity contribution in [1.29, 1.82) is 0 Å². The van der Waals surface area contributed by atoms with Crippen LogP contribution in [0.3, 0.4) is 0 Å². The minimum atomic E-state index is -0.515. The first-order valence-corrected chi connectivity index (χ1v) is 8.91. The van der Waals surface area contributed by atoms with Crippen LogP contribution in [0.1, 0.15) is 30.0 Å². The van der Waals surface area contributed by atoms with Gasteiger partial charge in [-0.25, -0.2) is 4.90 Å². The van der Waals surface area contributed by atoms with Crippen LogP contribution in [0.25, 0.3) is 5.57 Å². The van der Waals surface area contributed by atoms with Crippen LogP contribution in [0.2, 0.25) is 0 Å². The predicted octanol–water partition coefficient (Wildman–Crippen LogP) is 4.62. The summed E-state index contributed by atoms with van der Waals surface area (Å²) in [6, 6.07) is 12.6. The van der Waals surface area contributed by atoms with Crippen LogP contribution in [0, 0.1) is 13.8 Å². The predicted molar refractivity (Wildman–Crippen MR) is 103 cm³/mol. The molecule has 2 aromatic carbocycles. The number of imide groups is 1. The van der Waals surface area contributed by atoms with Crippen LogP contribution in [0.4, 0.5) is 5.69 Å². The highest BCUT2D eigenvalue weighted by Gasteiger charge is 2.39. The van der Waals surface area contributed by atoms with Crippen molar-refractivity contribution in [3.63, 3.8) is 0 Å². The van der Waals surface area contributed by atoms with E-state index in [-0.39, 0.29) is 10.6 Å². The molecule has 0 aromatic heterocycles. The van der Waals surface area contributed by atoms with Gasteiger partial charge >= 0.3 is 0 Å². The van der Waals surface area contributed by atoms with Gasteiger partial charge < -0.3 is 4.74 Å². The van der Waals surface area contributed by atoms with Crippen LogP contribution < -0.4 is 9.64 Å². The van der Waals surface area contributed by atoms with Crippen LogP contribution in [0.5, 0.6) is 5.75 Å². The third kappa shape index (κ3) is 3.25. The lowest BCUT2D eigenvalue weighted by Crippen LogP contribution is -2.31. The first-order valence-electron chi connectivity index (χ1n) is 8.53. The molecule has 1 aliphatic heterocycles. The maximum atomic E-state index is 13.0. The molecule has 0 radical (unpaired) electrons. The summed E-state index contributed by atoms with van der Waals surface area (Å²) >= 11 is 6.27. The zero-order valence-corrected chi connectivity index (χ0v) is 15.8. The number of rotatable bonds is 5. The normalized spacial score (nSPS) is 14.4. The molecule has 0 unspecified atom stereocenters. The molecule has 0 saturated heterocycles. The second kappa shape index (κ2) is 7.34. The molecule has 0 fully saturated rings. The number of benzene rings is 2. The molecule has 0 aliphatic carbocycles. The third-order valence-corrected chi connectivity index (χ3v) is 4.58. The lowest BCUT2D eigenvalue weighted by atomic mass is 9.99. The Hall–Kier alpha value is -2.59. The standard InChI is InChI=1S/C21H20ClNO3/c1-4-10-26-16-7-5-6-15(12-16)23-20(24)18(19(22)21(23)25)17-9-8-13(2)11-14(17)3/h5-9,11-12H,4,10H2,1-3H3. The molecule has 1 heterocycles. The smallest absolute Gasteiger partial charge is 0.277 e. The van der Waals surface area contributed by atoms with Crippen molar-refractivity contribution in [3.05, 3.63) is 64.2 Å². The highest BCUT2D eigenvalue weighted by molar-refractivity contribution is 6.60. The Labute approximate surface area is 158 Å². The van der Waals surface area contributed by atoms with Gasteiger partial charge in [-0.1, -0.05) is 48.4 Å². The molecule has 134 valence electrons. The first kappa shape index (κ1) is 18.2. The summed E-state index contributed by atoms with van der Waals surface area (Å²) in [5.41, 5.74) is 3.36. The Bertz CT molecular complexity index is 917. The number of anilines is 1. The zero-order chi connectivity index (χ0) is 18.8. The van der Waals surface area contributed by atoms with Crippen molar-refractivity contribution in [3.8, 4) is 5.75 Å². The summed E-state index contributed by atoms with van der Waals surface area (Å²) < 4.78 is 5.60. The summed E-state index contributed by atoms with van der Waals surface area (Å²) in [4.78, 5) is 26.8. The molecule has 0 atom stereocenters. The second-order valence-electron chi connectivity index (χ2n) is 6.30. The van der Waals surface area contributed by atoms with Gasteiger partial charge in [-0.15, -0.1) is 0 Å². The summed E-state index contributed by atoms with van der Waals surface area (Å²) in [7, 11) is 0. The molecule has 0 spiro atoms. The van der Waals surface area contributed by atoms with Crippen molar-refractivity contribution in [1.82, 2.24) is 0 Å². The third-order valence-electron chi connectivity index (χ3n) is 4.23. The van der Waals surface area contributed by atoms with E-state index in [0.717, 1.165) is 22.4 Å². The molecule has 26 heavy (non-hydrogen) atoms. The molecule has 4 nitrogen and oxygen atoms in total. The van der Waals surface area contributed by atoms with E-state index in [1.54, 1.807) is 24.3 Å². The van der Waals surface area contributed by atoms with Crippen LogP contribution >= 0.6 is 11.6 Å². The number of carbonyl (C=O) groups is 2. The van der Waals surface area contributed by atoms with E-state index < -0.39 is 11.8 Å². The molecule has 2 amide bonds. The van der Waals surface area contributed by atoms with E-state index >= 15 is 0 Å². The Morgan fingerprint density at radius 3 is 2.50 bits per heavy atom. The minimum absolute atomic E-state index is 0.0539. The minimum Gasteiger partial charge on any atom is -0.494 e. The van der Waals surface area contributed by atoms with E-state index in [0.29, 0.717) is 23.6 Å². The van der Waals surface area contributed by atoms with E-state index in [1.807, 2.05) is 39.0 Å². The fraction of sp³-hybridized carbons (Fsp3) is 0.238. The maximum absolute atomic E-state index is 13.0. The lowest BCUT2D eigenvalue weighted by molar-refractivity contribution is -0.119. The summed E-state index contributed by atoms with van der Waals surface area (Å²) in [5.74, 6) is -0.320. The average molecular weight is 370 g/mol. The van der Waals surface area contributed by atoms with Gasteiger partial charge in [0.2, 0.25) is 0 Å². The van der Waals surface area contributed by atoms with Crippen LogP contribution in [-0.2, 0) is 9.59 Å².